The smallest absolute Gasteiger partial charge is 0.0995 e. The fourth-order valence-electron chi connectivity index (χ4n) is 4.03. The standard InChI is InChI=1S/C26H30N4S/c1-6-29(7-2)25-13-22(18(3)12-19(25)4)14-26-28-24(16-31-26)21-8-10-23(11-9-21)30-15-20(5)27-17-30/h8-13,15-17H,6-7,14H2,1-5H3. The van der Waals surface area contributed by atoms with Gasteiger partial charge in [0.15, 0.2) is 0 Å². The van der Waals surface area contributed by atoms with Crippen molar-refractivity contribution in [3.8, 4) is 16.9 Å². The fourth-order valence-corrected chi connectivity index (χ4v) is 4.86. The monoisotopic (exact) mass is 430 g/mol. The molecular weight excluding hydrogens is 400 g/mol. The highest BCUT2D eigenvalue weighted by Crippen LogP contribution is 2.29. The van der Waals surface area contributed by atoms with Gasteiger partial charge in [-0.1, -0.05) is 18.2 Å². The van der Waals surface area contributed by atoms with Crippen molar-refractivity contribution < 1.29 is 0 Å². The Hall–Kier alpha value is -2.92. The SMILES string of the molecule is CCN(CC)c1cc(Cc2nc(-c3ccc(-n4cnc(C)c4)cc3)cs2)c(C)cc1C. The molecule has 0 aliphatic rings. The Bertz CT molecular complexity index is 1170. The van der Waals surface area contributed by atoms with E-state index in [4.69, 9.17) is 4.98 Å². The summed E-state index contributed by atoms with van der Waals surface area (Å²) in [4.78, 5) is 11.7. The lowest BCUT2D eigenvalue weighted by Gasteiger charge is -2.24. The largest absolute Gasteiger partial charge is 0.372 e. The van der Waals surface area contributed by atoms with Gasteiger partial charge in [-0.2, -0.15) is 0 Å². The van der Waals surface area contributed by atoms with E-state index in [0.717, 1.165) is 47.2 Å². The van der Waals surface area contributed by atoms with Gasteiger partial charge in [-0.3, -0.25) is 0 Å². The zero-order chi connectivity index (χ0) is 22.0. The Kier molecular flexibility index (Phi) is 6.23. The predicted molar refractivity (Wildman–Crippen MR) is 132 cm³/mol. The number of benzene rings is 2. The summed E-state index contributed by atoms with van der Waals surface area (Å²) in [6.07, 6.45) is 4.76. The van der Waals surface area contributed by atoms with E-state index in [-0.39, 0.29) is 0 Å². The van der Waals surface area contributed by atoms with E-state index in [9.17, 15) is 0 Å². The van der Waals surface area contributed by atoms with Crippen molar-refractivity contribution in [2.75, 3.05) is 18.0 Å². The number of hydrogen-bond donors (Lipinski definition) is 0. The van der Waals surface area contributed by atoms with E-state index < -0.39 is 0 Å². The number of anilines is 1. The average molecular weight is 431 g/mol. The van der Waals surface area contributed by atoms with Crippen LogP contribution in [-0.4, -0.2) is 27.6 Å². The molecule has 0 unspecified atom stereocenters. The lowest BCUT2D eigenvalue weighted by atomic mass is 10.0. The molecule has 2 aromatic heterocycles. The number of thiazole rings is 1. The van der Waals surface area contributed by atoms with Crippen LogP contribution in [0.3, 0.4) is 0 Å². The number of aromatic nitrogens is 3. The molecule has 0 N–H and O–H groups in total. The molecule has 0 saturated carbocycles. The van der Waals surface area contributed by atoms with Gasteiger partial charge >= 0.3 is 0 Å². The van der Waals surface area contributed by atoms with E-state index in [0.29, 0.717) is 0 Å². The Labute approximate surface area is 189 Å². The maximum Gasteiger partial charge on any atom is 0.0995 e. The van der Waals surface area contributed by atoms with Gasteiger partial charge < -0.3 is 9.47 Å². The Morgan fingerprint density at radius 1 is 0.968 bits per heavy atom. The summed E-state index contributed by atoms with van der Waals surface area (Å²) in [5.74, 6) is 0. The molecule has 0 fully saturated rings. The first-order chi connectivity index (χ1) is 15.0. The van der Waals surface area contributed by atoms with Crippen molar-refractivity contribution in [3.05, 3.63) is 81.7 Å². The Morgan fingerprint density at radius 2 is 1.71 bits per heavy atom. The van der Waals surface area contributed by atoms with E-state index in [1.54, 1.807) is 11.3 Å². The maximum atomic E-state index is 4.95. The van der Waals surface area contributed by atoms with Crippen LogP contribution in [0.2, 0.25) is 0 Å². The van der Waals surface area contributed by atoms with Gasteiger partial charge in [-0.15, -0.1) is 11.3 Å². The molecule has 4 nitrogen and oxygen atoms in total. The molecular formula is C26H30N4S. The second kappa shape index (κ2) is 9.06. The van der Waals surface area contributed by atoms with Gasteiger partial charge in [0.1, 0.15) is 0 Å². The van der Waals surface area contributed by atoms with Crippen LogP contribution in [0.4, 0.5) is 5.69 Å². The highest BCUT2D eigenvalue weighted by Gasteiger charge is 2.12. The molecule has 2 aromatic carbocycles. The van der Waals surface area contributed by atoms with Crippen LogP contribution in [0.1, 0.15) is 41.2 Å². The van der Waals surface area contributed by atoms with Gasteiger partial charge in [0.2, 0.25) is 0 Å². The quantitative estimate of drug-likeness (QED) is 0.342. The molecule has 0 atom stereocenters. The topological polar surface area (TPSA) is 34.0 Å². The minimum atomic E-state index is 0.872. The Morgan fingerprint density at radius 3 is 2.35 bits per heavy atom. The molecule has 0 saturated heterocycles. The van der Waals surface area contributed by atoms with Crippen molar-refractivity contribution in [2.24, 2.45) is 0 Å². The third-order valence-electron chi connectivity index (χ3n) is 5.82. The molecule has 0 aliphatic heterocycles. The summed E-state index contributed by atoms with van der Waals surface area (Å²) in [7, 11) is 0. The van der Waals surface area contributed by atoms with Crippen LogP contribution < -0.4 is 4.90 Å². The normalized spacial score (nSPS) is 11.1. The lowest BCUT2D eigenvalue weighted by molar-refractivity contribution is 0.859. The third kappa shape index (κ3) is 4.57. The molecule has 2 heterocycles. The minimum Gasteiger partial charge on any atom is -0.372 e. The molecule has 4 aromatic rings. The molecule has 0 bridgehead atoms. The zero-order valence-corrected chi connectivity index (χ0v) is 19.8. The van der Waals surface area contributed by atoms with Gasteiger partial charge in [0.05, 0.1) is 22.7 Å². The van der Waals surface area contributed by atoms with Crippen LogP contribution in [0.15, 0.2) is 54.3 Å². The van der Waals surface area contributed by atoms with Gasteiger partial charge in [-0.05, 0) is 69.5 Å². The third-order valence-corrected chi connectivity index (χ3v) is 6.67. The summed E-state index contributed by atoms with van der Waals surface area (Å²) >= 11 is 1.74. The van der Waals surface area contributed by atoms with Crippen molar-refractivity contribution in [1.82, 2.24) is 14.5 Å². The lowest BCUT2D eigenvalue weighted by Crippen LogP contribution is -2.23. The van der Waals surface area contributed by atoms with E-state index in [2.05, 4.69) is 79.4 Å². The van der Waals surface area contributed by atoms with Crippen molar-refractivity contribution in [1.29, 1.82) is 0 Å². The molecule has 0 amide bonds. The summed E-state index contributed by atoms with van der Waals surface area (Å²) < 4.78 is 2.04. The summed E-state index contributed by atoms with van der Waals surface area (Å²) in [6, 6.07) is 13.2. The summed E-state index contributed by atoms with van der Waals surface area (Å²) in [5, 5.41) is 3.32. The first kappa shape index (κ1) is 21.3. The summed E-state index contributed by atoms with van der Waals surface area (Å²) in [5.41, 5.74) is 9.70. The first-order valence-electron chi connectivity index (χ1n) is 10.9. The van der Waals surface area contributed by atoms with Crippen molar-refractivity contribution in [2.45, 2.75) is 41.0 Å². The Balaban J connectivity index is 1.55. The van der Waals surface area contributed by atoms with E-state index in [1.807, 2.05) is 24.0 Å². The van der Waals surface area contributed by atoms with Gasteiger partial charge in [-0.25, -0.2) is 9.97 Å². The molecule has 31 heavy (non-hydrogen) atoms. The number of rotatable bonds is 7. The van der Waals surface area contributed by atoms with Crippen LogP contribution in [0.5, 0.6) is 0 Å². The molecule has 0 spiro atoms. The van der Waals surface area contributed by atoms with Crippen LogP contribution in [0.25, 0.3) is 16.9 Å². The first-order valence-corrected chi connectivity index (χ1v) is 11.8. The number of aryl methyl sites for hydroxylation is 3. The molecule has 0 aliphatic carbocycles. The highest BCUT2D eigenvalue weighted by atomic mass is 32.1. The average Bonchev–Trinajstić information content (AvgIpc) is 3.41. The zero-order valence-electron chi connectivity index (χ0n) is 19.0. The molecule has 4 rings (SSSR count). The minimum absolute atomic E-state index is 0.872. The van der Waals surface area contributed by atoms with Crippen molar-refractivity contribution >= 4 is 17.0 Å². The van der Waals surface area contributed by atoms with Crippen LogP contribution >= 0.6 is 11.3 Å². The number of nitrogens with zero attached hydrogens (tertiary/aromatic N) is 4. The molecule has 0 radical (unpaired) electrons. The number of hydrogen-bond acceptors (Lipinski definition) is 4. The van der Waals surface area contributed by atoms with E-state index in [1.165, 1.54) is 22.4 Å². The van der Waals surface area contributed by atoms with Gasteiger partial charge in [0, 0.05) is 48.0 Å². The van der Waals surface area contributed by atoms with E-state index >= 15 is 0 Å². The summed E-state index contributed by atoms with van der Waals surface area (Å²) in [6.45, 7) is 12.9. The van der Waals surface area contributed by atoms with Crippen LogP contribution in [-0.2, 0) is 6.42 Å². The van der Waals surface area contributed by atoms with Gasteiger partial charge in [0.25, 0.3) is 0 Å². The van der Waals surface area contributed by atoms with Crippen LogP contribution in [0, 0.1) is 20.8 Å². The number of imidazole rings is 1. The predicted octanol–water partition coefficient (Wildman–Crippen LogP) is 6.36. The maximum absolute atomic E-state index is 4.95. The molecule has 5 heteroatoms. The fraction of sp³-hybridized carbons (Fsp3) is 0.308. The second-order valence-electron chi connectivity index (χ2n) is 8.01. The molecule has 160 valence electrons. The van der Waals surface area contributed by atoms with Crippen molar-refractivity contribution in [3.63, 3.8) is 0 Å². The second-order valence-corrected chi connectivity index (χ2v) is 8.95. The highest BCUT2D eigenvalue weighted by molar-refractivity contribution is 7.10.